The summed E-state index contributed by atoms with van der Waals surface area (Å²) in [5, 5.41) is 8.94. The van der Waals surface area contributed by atoms with Crippen molar-refractivity contribution >= 4 is 0 Å². The minimum Gasteiger partial charge on any atom is -0.394 e. The van der Waals surface area contributed by atoms with Crippen molar-refractivity contribution in [1.82, 2.24) is 0 Å². The van der Waals surface area contributed by atoms with Gasteiger partial charge in [0.15, 0.2) is 0 Å². The molecule has 0 saturated heterocycles. The van der Waals surface area contributed by atoms with Crippen LogP contribution in [-0.4, -0.2) is 36.1 Å². The molecule has 1 rings (SSSR count). The molecule has 1 aliphatic carbocycles. The molecule has 3 heteroatoms. The Kier molecular flexibility index (Phi) is 6.61. The summed E-state index contributed by atoms with van der Waals surface area (Å²) in [4.78, 5) is 0. The number of hydrogen-bond acceptors (Lipinski definition) is 3. The van der Waals surface area contributed by atoms with Gasteiger partial charge in [0.2, 0.25) is 0 Å². The second-order valence-corrected chi connectivity index (χ2v) is 6.24. The van der Waals surface area contributed by atoms with Crippen molar-refractivity contribution in [3.05, 3.63) is 0 Å². The van der Waals surface area contributed by atoms with Gasteiger partial charge in [-0.15, -0.1) is 0 Å². The number of aliphatic hydroxyl groups excluding tert-OH is 1. The van der Waals surface area contributed by atoms with E-state index >= 15 is 0 Å². The minimum atomic E-state index is -0.0966. The molecule has 0 aromatic heterocycles. The molecule has 3 nitrogen and oxygen atoms in total. The Morgan fingerprint density at radius 1 is 1.06 bits per heavy atom. The van der Waals surface area contributed by atoms with Crippen molar-refractivity contribution in [2.24, 2.45) is 5.92 Å². The summed E-state index contributed by atoms with van der Waals surface area (Å²) in [7, 11) is 0. The Labute approximate surface area is 112 Å². The van der Waals surface area contributed by atoms with Crippen molar-refractivity contribution in [2.75, 3.05) is 13.2 Å². The maximum Gasteiger partial charge on any atom is 0.0788 e. The molecule has 2 unspecified atom stereocenters. The molecular weight excluding hydrogens is 228 g/mol. The van der Waals surface area contributed by atoms with Crippen LogP contribution in [0.2, 0.25) is 0 Å². The van der Waals surface area contributed by atoms with Crippen LogP contribution >= 0.6 is 0 Å². The standard InChI is InChI=1S/C15H30O3/c1-12(2)9-15(7-5-6-8-15)18-14(4)11-17-13(3)10-16/h12-14,16H,5-11H2,1-4H3. The minimum absolute atomic E-state index is 0.0733. The quantitative estimate of drug-likeness (QED) is 0.727. The molecule has 2 atom stereocenters. The third kappa shape index (κ3) is 5.25. The van der Waals surface area contributed by atoms with E-state index in [9.17, 15) is 0 Å². The molecule has 0 aliphatic heterocycles. The van der Waals surface area contributed by atoms with Gasteiger partial charge < -0.3 is 14.6 Å². The molecular formula is C15H30O3. The van der Waals surface area contributed by atoms with Crippen LogP contribution in [0.1, 0.15) is 59.8 Å². The molecule has 0 aromatic carbocycles. The van der Waals surface area contributed by atoms with Crippen molar-refractivity contribution in [2.45, 2.75) is 77.6 Å². The van der Waals surface area contributed by atoms with Gasteiger partial charge in [-0.2, -0.15) is 0 Å². The van der Waals surface area contributed by atoms with E-state index in [2.05, 4.69) is 20.8 Å². The zero-order valence-electron chi connectivity index (χ0n) is 12.4. The van der Waals surface area contributed by atoms with Crippen molar-refractivity contribution < 1.29 is 14.6 Å². The van der Waals surface area contributed by atoms with Crippen molar-refractivity contribution in [3.63, 3.8) is 0 Å². The lowest BCUT2D eigenvalue weighted by Gasteiger charge is -2.34. The lowest BCUT2D eigenvalue weighted by molar-refractivity contribution is -0.127. The van der Waals surface area contributed by atoms with E-state index in [1.807, 2.05) is 6.92 Å². The molecule has 0 amide bonds. The Balaban J connectivity index is 2.40. The van der Waals surface area contributed by atoms with E-state index in [0.717, 1.165) is 6.42 Å². The maximum absolute atomic E-state index is 8.94. The van der Waals surface area contributed by atoms with Crippen LogP contribution in [0.4, 0.5) is 0 Å². The van der Waals surface area contributed by atoms with Gasteiger partial charge in [-0.3, -0.25) is 0 Å². The normalized spacial score (nSPS) is 22.3. The number of ether oxygens (including phenoxy) is 2. The number of rotatable bonds is 8. The Morgan fingerprint density at radius 2 is 1.67 bits per heavy atom. The van der Waals surface area contributed by atoms with Crippen LogP contribution in [0.25, 0.3) is 0 Å². The van der Waals surface area contributed by atoms with Crippen LogP contribution in [-0.2, 0) is 9.47 Å². The average Bonchev–Trinajstić information content (AvgIpc) is 2.73. The molecule has 0 radical (unpaired) electrons. The molecule has 1 N–H and O–H groups in total. The van der Waals surface area contributed by atoms with Gasteiger partial charge in [-0.25, -0.2) is 0 Å². The highest BCUT2D eigenvalue weighted by molar-refractivity contribution is 4.88. The van der Waals surface area contributed by atoms with Gasteiger partial charge in [0.1, 0.15) is 0 Å². The zero-order valence-corrected chi connectivity index (χ0v) is 12.4. The molecule has 108 valence electrons. The van der Waals surface area contributed by atoms with Gasteiger partial charge in [0.05, 0.1) is 31.0 Å². The fourth-order valence-electron chi connectivity index (χ4n) is 2.95. The van der Waals surface area contributed by atoms with Gasteiger partial charge in [0.25, 0.3) is 0 Å². The average molecular weight is 258 g/mol. The summed E-state index contributed by atoms with van der Waals surface area (Å²) in [6.45, 7) is 9.12. The zero-order chi connectivity index (χ0) is 13.6. The first-order chi connectivity index (χ1) is 8.47. The maximum atomic E-state index is 8.94. The third-order valence-electron chi connectivity index (χ3n) is 3.62. The topological polar surface area (TPSA) is 38.7 Å². The molecule has 0 heterocycles. The molecule has 0 spiro atoms. The summed E-state index contributed by atoms with van der Waals surface area (Å²) < 4.78 is 11.8. The van der Waals surface area contributed by atoms with Gasteiger partial charge >= 0.3 is 0 Å². The number of aliphatic hydroxyl groups is 1. The van der Waals surface area contributed by atoms with E-state index in [0.29, 0.717) is 12.5 Å². The highest BCUT2D eigenvalue weighted by atomic mass is 16.6. The van der Waals surface area contributed by atoms with Gasteiger partial charge in [-0.05, 0) is 39.0 Å². The summed E-state index contributed by atoms with van der Waals surface area (Å²) >= 11 is 0. The second-order valence-electron chi connectivity index (χ2n) is 6.24. The number of hydrogen-bond donors (Lipinski definition) is 1. The highest BCUT2D eigenvalue weighted by Gasteiger charge is 2.36. The first-order valence-electron chi connectivity index (χ1n) is 7.38. The molecule has 1 saturated carbocycles. The van der Waals surface area contributed by atoms with E-state index in [1.54, 1.807) is 0 Å². The molecule has 0 bridgehead atoms. The van der Waals surface area contributed by atoms with E-state index in [-0.39, 0.29) is 24.4 Å². The van der Waals surface area contributed by atoms with Crippen LogP contribution in [0.3, 0.4) is 0 Å². The Bertz CT molecular complexity index is 222. The van der Waals surface area contributed by atoms with Crippen molar-refractivity contribution in [3.8, 4) is 0 Å². The third-order valence-corrected chi connectivity index (χ3v) is 3.62. The van der Waals surface area contributed by atoms with Gasteiger partial charge in [0, 0.05) is 0 Å². The molecule has 1 fully saturated rings. The molecule has 1 aliphatic rings. The largest absolute Gasteiger partial charge is 0.394 e. The monoisotopic (exact) mass is 258 g/mol. The lowest BCUT2D eigenvalue weighted by atomic mass is 9.90. The fourth-order valence-corrected chi connectivity index (χ4v) is 2.95. The lowest BCUT2D eigenvalue weighted by Crippen LogP contribution is -2.36. The van der Waals surface area contributed by atoms with Crippen molar-refractivity contribution in [1.29, 1.82) is 0 Å². The first-order valence-corrected chi connectivity index (χ1v) is 7.38. The first kappa shape index (κ1) is 15.9. The summed E-state index contributed by atoms with van der Waals surface area (Å²) in [5.74, 6) is 0.674. The Hall–Kier alpha value is -0.120. The summed E-state index contributed by atoms with van der Waals surface area (Å²) in [6.07, 6.45) is 6.10. The summed E-state index contributed by atoms with van der Waals surface area (Å²) in [6, 6.07) is 0. The van der Waals surface area contributed by atoms with E-state index in [4.69, 9.17) is 14.6 Å². The predicted octanol–water partition coefficient (Wildman–Crippen LogP) is 3.15. The van der Waals surface area contributed by atoms with Crippen LogP contribution in [0.5, 0.6) is 0 Å². The van der Waals surface area contributed by atoms with E-state index < -0.39 is 0 Å². The Morgan fingerprint density at radius 3 is 2.17 bits per heavy atom. The summed E-state index contributed by atoms with van der Waals surface area (Å²) in [5.41, 5.74) is 0.0827. The van der Waals surface area contributed by atoms with Crippen LogP contribution in [0.15, 0.2) is 0 Å². The second kappa shape index (κ2) is 7.46. The fraction of sp³-hybridized carbons (Fsp3) is 1.00. The SMILES string of the molecule is CC(C)CC1(OC(C)COC(C)CO)CCCC1. The van der Waals surface area contributed by atoms with E-state index in [1.165, 1.54) is 25.7 Å². The van der Waals surface area contributed by atoms with Gasteiger partial charge in [-0.1, -0.05) is 26.7 Å². The van der Waals surface area contributed by atoms with Crippen LogP contribution < -0.4 is 0 Å². The van der Waals surface area contributed by atoms with Crippen LogP contribution in [0, 0.1) is 5.92 Å². The smallest absolute Gasteiger partial charge is 0.0788 e. The molecule has 0 aromatic rings. The highest BCUT2D eigenvalue weighted by Crippen LogP contribution is 2.39. The predicted molar refractivity (Wildman–Crippen MR) is 73.7 cm³/mol. The molecule has 18 heavy (non-hydrogen) atoms.